The quantitative estimate of drug-likeness (QED) is 0.378. The van der Waals surface area contributed by atoms with Gasteiger partial charge in [-0.2, -0.15) is 0 Å². The summed E-state index contributed by atoms with van der Waals surface area (Å²) in [5.74, 6) is 0.767. The average molecular weight is 537 g/mol. The molecule has 4 rings (SSSR count). The highest BCUT2D eigenvalue weighted by atomic mass is 32.2. The maximum absolute atomic E-state index is 13.2. The van der Waals surface area contributed by atoms with Gasteiger partial charge in [0.25, 0.3) is 5.91 Å². The Bertz CT molecular complexity index is 1450. The van der Waals surface area contributed by atoms with Gasteiger partial charge < -0.3 is 25.0 Å². The van der Waals surface area contributed by atoms with Crippen molar-refractivity contribution < 1.29 is 22.7 Å². The summed E-state index contributed by atoms with van der Waals surface area (Å²) in [5.41, 5.74) is 4.44. The first kappa shape index (κ1) is 27.0. The monoisotopic (exact) mass is 536 g/mol. The van der Waals surface area contributed by atoms with Gasteiger partial charge in [-0.15, -0.1) is 0 Å². The number of ether oxygens (including phenoxy) is 2. The second-order valence-electron chi connectivity index (χ2n) is 9.13. The van der Waals surface area contributed by atoms with E-state index in [1.165, 1.54) is 10.6 Å². The van der Waals surface area contributed by atoms with E-state index < -0.39 is 10.0 Å². The summed E-state index contributed by atoms with van der Waals surface area (Å²) in [5, 5.41) is 6.32. The summed E-state index contributed by atoms with van der Waals surface area (Å²) in [6.07, 6.45) is 1.20. The fourth-order valence-corrected chi connectivity index (χ4v) is 5.18. The van der Waals surface area contributed by atoms with Gasteiger partial charge in [-0.25, -0.2) is 8.42 Å². The Morgan fingerprint density at radius 3 is 2.13 bits per heavy atom. The number of hydrogen-bond donors (Lipinski definition) is 2. The van der Waals surface area contributed by atoms with Crippen LogP contribution >= 0.6 is 0 Å². The number of amides is 1. The number of fused-ring (bicyclic) bond motifs is 1. The molecule has 0 atom stereocenters. The Kier molecular flexibility index (Phi) is 7.94. The van der Waals surface area contributed by atoms with Crippen LogP contribution in [0.1, 0.15) is 11.1 Å². The van der Waals surface area contributed by atoms with E-state index in [0.29, 0.717) is 58.5 Å². The molecule has 1 heterocycles. The van der Waals surface area contributed by atoms with Crippen molar-refractivity contribution in [1.29, 1.82) is 0 Å². The molecule has 1 aliphatic heterocycles. The summed E-state index contributed by atoms with van der Waals surface area (Å²) in [4.78, 5) is 15.2. The molecule has 0 aromatic heterocycles. The number of anilines is 3. The van der Waals surface area contributed by atoms with E-state index in [2.05, 4.69) is 10.6 Å². The van der Waals surface area contributed by atoms with Crippen molar-refractivity contribution in [3.63, 3.8) is 0 Å². The van der Waals surface area contributed by atoms with Gasteiger partial charge in [-0.1, -0.05) is 30.3 Å². The molecule has 10 heteroatoms. The molecule has 0 spiro atoms. The molecule has 200 valence electrons. The molecular formula is C28H32N4O5S. The van der Waals surface area contributed by atoms with Gasteiger partial charge in [-0.3, -0.25) is 9.10 Å². The minimum atomic E-state index is -3.46. The van der Waals surface area contributed by atoms with E-state index in [-0.39, 0.29) is 5.91 Å². The maximum atomic E-state index is 13.2. The van der Waals surface area contributed by atoms with Crippen LogP contribution in [0.2, 0.25) is 0 Å². The molecule has 3 aromatic carbocycles. The molecule has 0 radical (unpaired) electrons. The topological polar surface area (TPSA) is 100 Å². The maximum Gasteiger partial charge on any atom is 0.258 e. The number of carbonyl (C=O) groups excluding carboxylic acids is 1. The van der Waals surface area contributed by atoms with Crippen molar-refractivity contribution in [3.8, 4) is 11.5 Å². The zero-order valence-corrected chi connectivity index (χ0v) is 22.9. The lowest BCUT2D eigenvalue weighted by molar-refractivity contribution is -0.110. The normalized spacial score (nSPS) is 14.1. The number of benzene rings is 3. The minimum Gasteiger partial charge on any atom is -0.493 e. The predicted octanol–water partition coefficient (Wildman–Crippen LogP) is 3.96. The molecule has 0 saturated carbocycles. The number of rotatable bonds is 10. The summed E-state index contributed by atoms with van der Waals surface area (Å²) < 4.78 is 37.1. The third kappa shape index (κ3) is 5.76. The highest BCUT2D eigenvalue weighted by Crippen LogP contribution is 2.43. The lowest BCUT2D eigenvalue weighted by Crippen LogP contribution is -2.35. The van der Waals surface area contributed by atoms with Gasteiger partial charge in [0.2, 0.25) is 10.0 Å². The largest absolute Gasteiger partial charge is 0.493 e. The Morgan fingerprint density at radius 2 is 1.55 bits per heavy atom. The zero-order chi connectivity index (χ0) is 27.4. The molecule has 9 nitrogen and oxygen atoms in total. The van der Waals surface area contributed by atoms with Crippen LogP contribution in [0.5, 0.6) is 11.5 Å². The average Bonchev–Trinajstić information content (AvgIpc) is 3.21. The van der Waals surface area contributed by atoms with Gasteiger partial charge >= 0.3 is 0 Å². The first-order valence-corrected chi connectivity index (χ1v) is 13.8. The van der Waals surface area contributed by atoms with Crippen molar-refractivity contribution >= 4 is 44.3 Å². The number of hydrogen-bond acceptors (Lipinski definition) is 7. The summed E-state index contributed by atoms with van der Waals surface area (Å²) in [6, 6.07) is 20.2. The third-order valence-electron chi connectivity index (χ3n) is 6.16. The second kappa shape index (κ2) is 11.2. The fourth-order valence-electron chi connectivity index (χ4n) is 4.26. The second-order valence-corrected chi connectivity index (χ2v) is 11.0. The van der Waals surface area contributed by atoms with Crippen molar-refractivity contribution in [2.24, 2.45) is 0 Å². The lowest BCUT2D eigenvalue weighted by atomic mass is 9.99. The van der Waals surface area contributed by atoms with Crippen LogP contribution in [-0.4, -0.2) is 66.9 Å². The number of sulfonamides is 1. The summed E-state index contributed by atoms with van der Waals surface area (Å²) in [7, 11) is 3.43. The van der Waals surface area contributed by atoms with Gasteiger partial charge in [0.1, 0.15) is 0 Å². The fraction of sp³-hybridized carbons (Fsp3) is 0.250. The van der Waals surface area contributed by atoms with Crippen LogP contribution in [-0.2, 0) is 14.8 Å². The van der Waals surface area contributed by atoms with Crippen LogP contribution in [0.3, 0.4) is 0 Å². The molecule has 0 bridgehead atoms. The van der Waals surface area contributed by atoms with E-state index in [1.54, 1.807) is 50.6 Å². The smallest absolute Gasteiger partial charge is 0.258 e. The Morgan fingerprint density at radius 1 is 0.921 bits per heavy atom. The van der Waals surface area contributed by atoms with Crippen molar-refractivity contribution in [2.45, 2.75) is 0 Å². The Hall–Kier alpha value is -4.02. The number of carbonyl (C=O) groups is 1. The van der Waals surface area contributed by atoms with Crippen molar-refractivity contribution in [1.82, 2.24) is 4.90 Å². The molecule has 0 saturated heterocycles. The zero-order valence-electron chi connectivity index (χ0n) is 22.1. The first-order valence-electron chi connectivity index (χ1n) is 12.0. The first-order chi connectivity index (χ1) is 18.1. The molecule has 1 amide bonds. The Labute approximate surface area is 223 Å². The number of nitrogens with zero attached hydrogens (tertiary/aromatic N) is 2. The molecule has 38 heavy (non-hydrogen) atoms. The van der Waals surface area contributed by atoms with E-state index in [0.717, 1.165) is 5.56 Å². The molecule has 0 fully saturated rings. The number of methoxy groups -OCH3 is 2. The van der Waals surface area contributed by atoms with Crippen molar-refractivity contribution in [2.75, 3.05) is 62.6 Å². The highest BCUT2D eigenvalue weighted by Gasteiger charge is 2.30. The molecule has 2 N–H and O–H groups in total. The minimum absolute atomic E-state index is 0.259. The molecular weight excluding hydrogens is 504 g/mol. The molecule has 3 aromatic rings. The molecule has 0 unspecified atom stereocenters. The SMILES string of the molecule is COc1cc2c(cc1OC)/C(=C(/Nc1ccc(N(CCN(C)C)S(C)(=O)=O)cc1)c1ccccc1)C(=O)N2. The number of nitrogens with one attached hydrogen (secondary N) is 2. The number of likely N-dealkylation sites (N-methyl/N-ethyl adjacent to an activating group) is 1. The van der Waals surface area contributed by atoms with Crippen LogP contribution in [0.25, 0.3) is 11.3 Å². The predicted molar refractivity (Wildman–Crippen MR) is 152 cm³/mol. The van der Waals surface area contributed by atoms with E-state index in [1.807, 2.05) is 49.3 Å². The van der Waals surface area contributed by atoms with E-state index >= 15 is 0 Å². The van der Waals surface area contributed by atoms with Gasteiger partial charge in [0, 0.05) is 30.4 Å². The van der Waals surface area contributed by atoms with E-state index in [4.69, 9.17) is 9.47 Å². The summed E-state index contributed by atoms with van der Waals surface area (Å²) in [6.45, 7) is 0.917. The van der Waals surface area contributed by atoms with Gasteiger partial charge in [0.05, 0.1) is 43.1 Å². The van der Waals surface area contributed by atoms with Crippen LogP contribution in [0.4, 0.5) is 17.1 Å². The van der Waals surface area contributed by atoms with E-state index in [9.17, 15) is 13.2 Å². The van der Waals surface area contributed by atoms with Gasteiger partial charge in [0.15, 0.2) is 11.5 Å². The van der Waals surface area contributed by atoms with Crippen LogP contribution in [0, 0.1) is 0 Å². The standard InChI is InChI=1S/C28H32N4O5S/c1-31(2)15-16-32(38(5,34)35)21-13-11-20(12-14-21)29-27(19-9-7-6-8-10-19)26-22-17-24(36-3)25(37-4)18-23(22)30-28(26)33/h6-14,17-18,29H,15-16H2,1-5H3,(H,30,33)/b27-26-. The van der Waals surface area contributed by atoms with Crippen molar-refractivity contribution in [3.05, 3.63) is 77.9 Å². The summed E-state index contributed by atoms with van der Waals surface area (Å²) >= 11 is 0. The lowest BCUT2D eigenvalue weighted by Gasteiger charge is -2.24. The van der Waals surface area contributed by atoms with Crippen LogP contribution in [0.15, 0.2) is 66.7 Å². The third-order valence-corrected chi connectivity index (χ3v) is 7.35. The highest BCUT2D eigenvalue weighted by molar-refractivity contribution is 7.92. The molecule has 0 aliphatic carbocycles. The Balaban J connectivity index is 1.77. The molecule has 1 aliphatic rings. The van der Waals surface area contributed by atoms with Gasteiger partial charge in [-0.05, 0) is 50.0 Å². The van der Waals surface area contributed by atoms with Crippen LogP contribution < -0.4 is 24.4 Å².